The summed E-state index contributed by atoms with van der Waals surface area (Å²) in [6.07, 6.45) is 1.54. The molecule has 0 aliphatic carbocycles. The van der Waals surface area contributed by atoms with Gasteiger partial charge in [0.25, 0.3) is 5.91 Å². The minimum absolute atomic E-state index is 0. The Kier molecular flexibility index (Phi) is 6.55. The van der Waals surface area contributed by atoms with Crippen LogP contribution in [0.1, 0.15) is 47.3 Å². The molecule has 3 aromatic rings. The van der Waals surface area contributed by atoms with Gasteiger partial charge in [-0.2, -0.15) is 0 Å². The van der Waals surface area contributed by atoms with Crippen molar-refractivity contribution in [2.24, 2.45) is 0 Å². The molecule has 0 fully saturated rings. The number of fused-ring (bicyclic) bond motifs is 3. The maximum Gasteiger partial charge on any atom is 0.290 e. The minimum atomic E-state index is -0.322. The van der Waals surface area contributed by atoms with E-state index in [2.05, 4.69) is 0 Å². The first-order valence-electron chi connectivity index (χ1n) is 9.85. The van der Waals surface area contributed by atoms with Crippen LogP contribution in [0.25, 0.3) is 21.8 Å². The second-order valence-corrected chi connectivity index (χ2v) is 9.36. The molecular weight excluding hydrogens is 589 g/mol. The molecule has 0 radical (unpaired) electrons. The molecule has 0 unspecified atom stereocenters. The Bertz CT molecular complexity index is 1130. The van der Waals surface area contributed by atoms with Gasteiger partial charge >= 0.3 is 0 Å². The molecule has 164 valence electrons. The SMILES string of the molecule is COc1cc2c(cc1C=O)-c1c(-c3cccs3)nc(C(=O)N(C)C(C)(C)C)n1CC2.[Os]. The van der Waals surface area contributed by atoms with E-state index in [-0.39, 0.29) is 31.2 Å². The molecule has 8 heteroatoms. The summed E-state index contributed by atoms with van der Waals surface area (Å²) in [7, 11) is 3.37. The van der Waals surface area contributed by atoms with Crippen molar-refractivity contribution in [3.8, 4) is 27.6 Å². The zero-order chi connectivity index (χ0) is 21.6. The molecule has 1 aliphatic heterocycles. The Labute approximate surface area is 199 Å². The monoisotopic (exact) mass is 615 g/mol. The van der Waals surface area contributed by atoms with Gasteiger partial charge in [-0.15, -0.1) is 11.3 Å². The van der Waals surface area contributed by atoms with E-state index in [4.69, 9.17) is 9.72 Å². The molecule has 1 aliphatic rings. The molecule has 6 nitrogen and oxygen atoms in total. The van der Waals surface area contributed by atoms with Gasteiger partial charge in [0, 0.05) is 44.5 Å². The van der Waals surface area contributed by atoms with Crippen molar-refractivity contribution in [2.45, 2.75) is 39.3 Å². The molecule has 0 spiro atoms. The van der Waals surface area contributed by atoms with Crippen LogP contribution in [0.4, 0.5) is 0 Å². The number of rotatable bonds is 4. The van der Waals surface area contributed by atoms with E-state index >= 15 is 0 Å². The normalized spacial score (nSPS) is 12.4. The van der Waals surface area contributed by atoms with Crippen molar-refractivity contribution in [3.63, 3.8) is 0 Å². The fourth-order valence-electron chi connectivity index (χ4n) is 3.71. The van der Waals surface area contributed by atoms with Crippen LogP contribution in [-0.4, -0.2) is 46.3 Å². The number of imidazole rings is 1. The van der Waals surface area contributed by atoms with Gasteiger partial charge in [-0.3, -0.25) is 9.59 Å². The van der Waals surface area contributed by atoms with Crippen molar-refractivity contribution in [1.82, 2.24) is 14.5 Å². The molecule has 0 saturated heterocycles. The smallest absolute Gasteiger partial charge is 0.290 e. The minimum Gasteiger partial charge on any atom is -0.496 e. The standard InChI is InChI=1S/C23H25N3O3S.Os/c1-23(2,3)25(4)22(28)21-24-19(18-7-6-10-30-18)20-16-11-15(13-27)17(29-5)12-14(16)8-9-26(20)21;/h6-7,10-13H,8-9H2,1-5H3;. The molecule has 0 saturated carbocycles. The Morgan fingerprint density at radius 1 is 1.32 bits per heavy atom. The van der Waals surface area contributed by atoms with Gasteiger partial charge in [-0.25, -0.2) is 4.98 Å². The fraction of sp³-hybridized carbons (Fsp3) is 0.348. The van der Waals surface area contributed by atoms with Gasteiger partial charge in [-0.1, -0.05) is 6.07 Å². The van der Waals surface area contributed by atoms with E-state index in [1.165, 1.54) is 0 Å². The number of thiophene rings is 1. The van der Waals surface area contributed by atoms with Gasteiger partial charge in [0.15, 0.2) is 12.1 Å². The van der Waals surface area contributed by atoms with Gasteiger partial charge < -0.3 is 14.2 Å². The second kappa shape index (κ2) is 8.68. The maximum absolute atomic E-state index is 13.4. The van der Waals surface area contributed by atoms with Crippen LogP contribution in [0.2, 0.25) is 0 Å². The zero-order valence-electron chi connectivity index (χ0n) is 18.2. The molecule has 3 heterocycles. The maximum atomic E-state index is 13.4. The molecule has 0 bridgehead atoms. The first-order chi connectivity index (χ1) is 14.3. The van der Waals surface area contributed by atoms with Crippen molar-refractivity contribution in [3.05, 3.63) is 46.6 Å². The molecule has 2 aromatic heterocycles. The number of benzene rings is 1. The summed E-state index contributed by atoms with van der Waals surface area (Å²) in [6, 6.07) is 7.76. The van der Waals surface area contributed by atoms with Gasteiger partial charge in [0.1, 0.15) is 11.4 Å². The Morgan fingerprint density at radius 2 is 2.06 bits per heavy atom. The van der Waals surface area contributed by atoms with Crippen LogP contribution in [0.5, 0.6) is 5.75 Å². The molecule has 1 amide bonds. The number of nitrogens with zero attached hydrogens (tertiary/aromatic N) is 3. The number of methoxy groups -OCH3 is 1. The zero-order valence-corrected chi connectivity index (χ0v) is 21.6. The summed E-state index contributed by atoms with van der Waals surface area (Å²) < 4.78 is 7.40. The van der Waals surface area contributed by atoms with Crippen molar-refractivity contribution in [1.29, 1.82) is 0 Å². The third-order valence-corrected chi connectivity index (χ3v) is 6.54. The predicted molar refractivity (Wildman–Crippen MR) is 118 cm³/mol. The van der Waals surface area contributed by atoms with Gasteiger partial charge in [-0.05, 0) is 56.3 Å². The average molecular weight is 614 g/mol. The molecule has 0 atom stereocenters. The number of carbonyl (C=O) groups excluding carboxylic acids is 2. The van der Waals surface area contributed by atoms with Crippen LogP contribution in [0.3, 0.4) is 0 Å². The Hall–Kier alpha value is -2.29. The quantitative estimate of drug-likeness (QED) is 0.406. The van der Waals surface area contributed by atoms with E-state index in [0.717, 1.165) is 40.1 Å². The third-order valence-electron chi connectivity index (χ3n) is 5.67. The van der Waals surface area contributed by atoms with Crippen LogP contribution >= 0.6 is 11.3 Å². The van der Waals surface area contributed by atoms with E-state index in [0.29, 0.717) is 23.7 Å². The van der Waals surface area contributed by atoms with Crippen LogP contribution in [0, 0.1) is 0 Å². The summed E-state index contributed by atoms with van der Waals surface area (Å²) >= 11 is 1.59. The summed E-state index contributed by atoms with van der Waals surface area (Å²) in [5, 5.41) is 2.00. The first kappa shape index (κ1) is 23.4. The number of carbonyl (C=O) groups is 2. The predicted octanol–water partition coefficient (Wildman–Crippen LogP) is 4.52. The number of hydrogen-bond acceptors (Lipinski definition) is 5. The Morgan fingerprint density at radius 3 is 2.65 bits per heavy atom. The van der Waals surface area contributed by atoms with Crippen molar-refractivity contribution >= 4 is 23.5 Å². The Balaban J connectivity index is 0.00000272. The molecular formula is C23H25N3O3OsS. The van der Waals surface area contributed by atoms with Crippen molar-refractivity contribution < 1.29 is 34.1 Å². The third kappa shape index (κ3) is 3.99. The number of amides is 1. The van der Waals surface area contributed by atoms with Crippen molar-refractivity contribution in [2.75, 3.05) is 14.2 Å². The number of aromatic nitrogens is 2. The molecule has 1 aromatic carbocycles. The number of hydrogen-bond donors (Lipinski definition) is 0. The van der Waals surface area contributed by atoms with Gasteiger partial charge in [0.2, 0.25) is 0 Å². The van der Waals surface area contributed by atoms with E-state index in [1.807, 2.05) is 55.0 Å². The number of ether oxygens (including phenoxy) is 1. The molecule has 4 rings (SSSR count). The average Bonchev–Trinajstić information content (AvgIpc) is 3.38. The fourth-order valence-corrected chi connectivity index (χ4v) is 4.43. The second-order valence-electron chi connectivity index (χ2n) is 8.42. The summed E-state index contributed by atoms with van der Waals surface area (Å²) in [5.41, 5.74) is 3.84. The van der Waals surface area contributed by atoms with E-state index in [1.54, 1.807) is 30.4 Å². The van der Waals surface area contributed by atoms with Crippen LogP contribution in [0.15, 0.2) is 29.6 Å². The van der Waals surface area contributed by atoms with Crippen LogP contribution in [-0.2, 0) is 32.8 Å². The van der Waals surface area contributed by atoms with Crippen LogP contribution < -0.4 is 4.74 Å². The first-order valence-corrected chi connectivity index (χ1v) is 10.7. The van der Waals surface area contributed by atoms with E-state index < -0.39 is 0 Å². The number of aryl methyl sites for hydroxylation is 1. The summed E-state index contributed by atoms with van der Waals surface area (Å²) in [5.74, 6) is 0.886. The summed E-state index contributed by atoms with van der Waals surface area (Å²) in [4.78, 5) is 32.5. The number of aldehydes is 1. The van der Waals surface area contributed by atoms with Gasteiger partial charge in [0.05, 0.1) is 23.2 Å². The van der Waals surface area contributed by atoms with E-state index in [9.17, 15) is 9.59 Å². The summed E-state index contributed by atoms with van der Waals surface area (Å²) in [6.45, 7) is 6.65. The molecule has 31 heavy (non-hydrogen) atoms. The molecule has 0 N–H and O–H groups in total. The topological polar surface area (TPSA) is 64.4 Å². The largest absolute Gasteiger partial charge is 0.496 e.